The third-order valence-corrected chi connectivity index (χ3v) is 1.78. The average Bonchev–Trinajstić information content (AvgIpc) is 2.24. The molecule has 88 valence electrons. The molecule has 1 aromatic rings. The number of hydrogen-bond donors (Lipinski definition) is 1. The Bertz CT molecular complexity index is 358. The zero-order valence-corrected chi connectivity index (χ0v) is 8.37. The number of halogens is 3. The molecule has 0 aliphatic rings. The molecule has 0 unspecified atom stereocenters. The van der Waals surface area contributed by atoms with Crippen molar-refractivity contribution in [3.63, 3.8) is 0 Å². The summed E-state index contributed by atoms with van der Waals surface area (Å²) in [4.78, 5) is 0. The number of hydrogen-bond acceptors (Lipinski definition) is 2. The molecule has 0 fully saturated rings. The summed E-state index contributed by atoms with van der Waals surface area (Å²) < 4.78 is 41.8. The minimum absolute atomic E-state index is 0.120. The van der Waals surface area contributed by atoms with Gasteiger partial charge in [0.15, 0.2) is 0 Å². The van der Waals surface area contributed by atoms with Crippen LogP contribution >= 0.6 is 0 Å². The van der Waals surface area contributed by atoms with E-state index in [1.807, 2.05) is 0 Å². The SMILES string of the molecule is OCCO/C=C/c1cccc(C(F)(F)F)c1. The van der Waals surface area contributed by atoms with Crippen LogP contribution < -0.4 is 0 Å². The fourth-order valence-corrected chi connectivity index (χ4v) is 1.07. The van der Waals surface area contributed by atoms with E-state index in [4.69, 9.17) is 9.84 Å². The van der Waals surface area contributed by atoms with Crippen LogP contribution in [0.15, 0.2) is 30.5 Å². The summed E-state index contributed by atoms with van der Waals surface area (Å²) in [5.74, 6) is 0. The van der Waals surface area contributed by atoms with Crippen molar-refractivity contribution in [2.24, 2.45) is 0 Å². The predicted molar refractivity (Wildman–Crippen MR) is 53.5 cm³/mol. The molecule has 16 heavy (non-hydrogen) atoms. The molecule has 0 bridgehead atoms. The Morgan fingerprint density at radius 3 is 2.69 bits per heavy atom. The fourth-order valence-electron chi connectivity index (χ4n) is 1.07. The minimum atomic E-state index is -4.34. The van der Waals surface area contributed by atoms with Crippen LogP contribution in [0.4, 0.5) is 13.2 Å². The highest BCUT2D eigenvalue weighted by molar-refractivity contribution is 5.49. The van der Waals surface area contributed by atoms with Gasteiger partial charge in [-0.05, 0) is 23.8 Å². The second-order valence-electron chi connectivity index (χ2n) is 3.02. The molecular formula is C11H11F3O2. The molecule has 2 nitrogen and oxygen atoms in total. The summed E-state index contributed by atoms with van der Waals surface area (Å²) in [6.07, 6.45) is -1.67. The monoisotopic (exact) mass is 232 g/mol. The van der Waals surface area contributed by atoms with E-state index in [2.05, 4.69) is 0 Å². The maximum atomic E-state index is 12.3. The maximum Gasteiger partial charge on any atom is 0.416 e. The molecule has 1 rings (SSSR count). The lowest BCUT2D eigenvalue weighted by atomic mass is 10.1. The molecular weight excluding hydrogens is 221 g/mol. The third kappa shape index (κ3) is 3.94. The van der Waals surface area contributed by atoms with Crippen LogP contribution in [-0.2, 0) is 10.9 Å². The lowest BCUT2D eigenvalue weighted by Crippen LogP contribution is -2.04. The van der Waals surface area contributed by atoms with Crippen molar-refractivity contribution in [1.29, 1.82) is 0 Å². The number of alkyl halides is 3. The summed E-state index contributed by atoms with van der Waals surface area (Å²) in [5.41, 5.74) is -0.301. The van der Waals surface area contributed by atoms with Gasteiger partial charge in [-0.2, -0.15) is 13.2 Å². The predicted octanol–water partition coefficient (Wildman–Crippen LogP) is 2.69. The van der Waals surface area contributed by atoms with Crippen molar-refractivity contribution in [3.8, 4) is 0 Å². The van der Waals surface area contributed by atoms with Crippen LogP contribution in [0.5, 0.6) is 0 Å². The molecule has 0 radical (unpaired) electrons. The van der Waals surface area contributed by atoms with E-state index >= 15 is 0 Å². The van der Waals surface area contributed by atoms with Crippen LogP contribution in [0.2, 0.25) is 0 Å². The van der Waals surface area contributed by atoms with E-state index in [1.54, 1.807) is 0 Å². The standard InChI is InChI=1S/C11H11F3O2/c12-11(13,14)10-3-1-2-9(8-10)4-6-16-7-5-15/h1-4,6,8,15H,5,7H2/b6-4+. The molecule has 0 saturated heterocycles. The van der Waals surface area contributed by atoms with Crippen LogP contribution in [0.1, 0.15) is 11.1 Å². The zero-order chi connectivity index (χ0) is 12.0. The first-order valence-electron chi connectivity index (χ1n) is 4.60. The largest absolute Gasteiger partial charge is 0.499 e. The number of aliphatic hydroxyl groups is 1. The molecule has 0 aromatic heterocycles. The highest BCUT2D eigenvalue weighted by Gasteiger charge is 2.30. The summed E-state index contributed by atoms with van der Waals surface area (Å²) in [6.45, 7) is -0.0115. The second-order valence-corrected chi connectivity index (χ2v) is 3.02. The van der Waals surface area contributed by atoms with E-state index in [-0.39, 0.29) is 13.2 Å². The molecule has 0 aliphatic carbocycles. The van der Waals surface area contributed by atoms with Crippen molar-refractivity contribution in [1.82, 2.24) is 0 Å². The number of ether oxygens (including phenoxy) is 1. The van der Waals surface area contributed by atoms with Crippen molar-refractivity contribution in [3.05, 3.63) is 41.7 Å². The summed E-state index contributed by atoms with van der Waals surface area (Å²) in [5, 5.41) is 8.41. The first kappa shape index (κ1) is 12.6. The first-order valence-corrected chi connectivity index (χ1v) is 4.60. The normalized spacial score (nSPS) is 12.0. The van der Waals surface area contributed by atoms with E-state index < -0.39 is 11.7 Å². The van der Waals surface area contributed by atoms with Gasteiger partial charge in [-0.15, -0.1) is 0 Å². The van der Waals surface area contributed by atoms with E-state index in [1.165, 1.54) is 24.5 Å². The highest BCUT2D eigenvalue weighted by Crippen LogP contribution is 2.29. The van der Waals surface area contributed by atoms with Crippen LogP contribution in [-0.4, -0.2) is 18.3 Å². The Hall–Kier alpha value is -1.49. The molecule has 5 heteroatoms. The van der Waals surface area contributed by atoms with Crippen molar-refractivity contribution in [2.45, 2.75) is 6.18 Å². The van der Waals surface area contributed by atoms with Gasteiger partial charge in [-0.25, -0.2) is 0 Å². The van der Waals surface area contributed by atoms with E-state index in [0.29, 0.717) is 5.56 Å². The van der Waals surface area contributed by atoms with Gasteiger partial charge in [0.2, 0.25) is 0 Å². The van der Waals surface area contributed by atoms with Gasteiger partial charge in [0.1, 0.15) is 6.61 Å². The van der Waals surface area contributed by atoms with Crippen LogP contribution in [0.25, 0.3) is 6.08 Å². The van der Waals surface area contributed by atoms with Gasteiger partial charge >= 0.3 is 6.18 Å². The quantitative estimate of drug-likeness (QED) is 0.638. The Labute approximate surface area is 91.0 Å². The zero-order valence-electron chi connectivity index (χ0n) is 8.37. The van der Waals surface area contributed by atoms with Gasteiger partial charge in [0, 0.05) is 0 Å². The molecule has 1 aromatic carbocycles. The lowest BCUT2D eigenvalue weighted by Gasteiger charge is -2.06. The topological polar surface area (TPSA) is 29.5 Å². The van der Waals surface area contributed by atoms with Crippen molar-refractivity contribution >= 4 is 6.08 Å². The molecule has 0 saturated carbocycles. The highest BCUT2D eigenvalue weighted by atomic mass is 19.4. The fraction of sp³-hybridized carbons (Fsp3) is 0.273. The minimum Gasteiger partial charge on any atom is -0.499 e. The second kappa shape index (κ2) is 5.55. The number of benzene rings is 1. The number of aliphatic hydroxyl groups excluding tert-OH is 1. The molecule has 0 amide bonds. The summed E-state index contributed by atoms with van der Waals surface area (Å²) >= 11 is 0. The molecule has 0 atom stereocenters. The molecule has 1 N–H and O–H groups in total. The van der Waals surface area contributed by atoms with Crippen molar-refractivity contribution in [2.75, 3.05) is 13.2 Å². The number of rotatable bonds is 4. The van der Waals surface area contributed by atoms with E-state index in [0.717, 1.165) is 12.1 Å². The van der Waals surface area contributed by atoms with Crippen molar-refractivity contribution < 1.29 is 23.0 Å². The summed E-state index contributed by atoms with van der Waals surface area (Å²) in [7, 11) is 0. The maximum absolute atomic E-state index is 12.3. The lowest BCUT2D eigenvalue weighted by molar-refractivity contribution is -0.137. The van der Waals surface area contributed by atoms with E-state index in [9.17, 15) is 13.2 Å². The average molecular weight is 232 g/mol. The van der Waals surface area contributed by atoms with Gasteiger partial charge in [-0.3, -0.25) is 0 Å². The van der Waals surface area contributed by atoms with Gasteiger partial charge in [0.25, 0.3) is 0 Å². The molecule has 0 aliphatic heterocycles. The summed E-state index contributed by atoms with van der Waals surface area (Å²) in [6, 6.07) is 4.90. The van der Waals surface area contributed by atoms with Gasteiger partial charge in [-0.1, -0.05) is 12.1 Å². The van der Waals surface area contributed by atoms with Gasteiger partial charge in [0.05, 0.1) is 18.4 Å². The van der Waals surface area contributed by atoms with Gasteiger partial charge < -0.3 is 9.84 Å². The third-order valence-electron chi connectivity index (χ3n) is 1.78. The van der Waals surface area contributed by atoms with Crippen LogP contribution in [0, 0.1) is 0 Å². The Balaban J connectivity index is 2.71. The Kier molecular flexibility index (Phi) is 4.37. The Morgan fingerprint density at radius 2 is 2.06 bits per heavy atom. The smallest absolute Gasteiger partial charge is 0.416 e. The molecule has 0 heterocycles. The molecule has 0 spiro atoms. The first-order chi connectivity index (χ1) is 7.54. The van der Waals surface area contributed by atoms with Crippen LogP contribution in [0.3, 0.4) is 0 Å². The Morgan fingerprint density at radius 1 is 1.31 bits per heavy atom.